The van der Waals surface area contributed by atoms with Crippen molar-refractivity contribution in [3.63, 3.8) is 0 Å². The molecule has 0 spiro atoms. The summed E-state index contributed by atoms with van der Waals surface area (Å²) in [5.74, 6) is 1.83. The van der Waals surface area contributed by atoms with E-state index in [1.807, 2.05) is 55.7 Å². The highest BCUT2D eigenvalue weighted by Gasteiger charge is 2.22. The van der Waals surface area contributed by atoms with Crippen LogP contribution >= 0.6 is 0 Å². The number of methoxy groups -OCH3 is 2. The zero-order valence-electron chi connectivity index (χ0n) is 21.1. The average molecular weight is 512 g/mol. The minimum absolute atomic E-state index is 0.166. The lowest BCUT2D eigenvalue weighted by molar-refractivity contribution is 0.298. The molecule has 9 nitrogen and oxygen atoms in total. The lowest BCUT2D eigenvalue weighted by Crippen LogP contribution is -2.03. The highest BCUT2D eigenvalue weighted by molar-refractivity contribution is 6.16. The average Bonchev–Trinajstić information content (AvgIpc) is 3.47. The first-order valence-electron chi connectivity index (χ1n) is 12.0. The van der Waals surface area contributed by atoms with E-state index in [-0.39, 0.29) is 16.8 Å². The number of pyridine rings is 1. The number of phenols is 1. The summed E-state index contributed by atoms with van der Waals surface area (Å²) in [6.45, 7) is 0.472. The molecule has 0 bridgehead atoms. The molecule has 0 fully saturated rings. The van der Waals surface area contributed by atoms with Crippen molar-refractivity contribution in [2.45, 2.75) is 6.42 Å². The second-order valence-corrected chi connectivity index (χ2v) is 8.96. The summed E-state index contributed by atoms with van der Waals surface area (Å²) >= 11 is 0. The van der Waals surface area contributed by atoms with Gasteiger partial charge in [0.15, 0.2) is 28.2 Å². The van der Waals surface area contributed by atoms with Crippen molar-refractivity contribution in [3.05, 3.63) is 76.6 Å². The Bertz CT molecular complexity index is 1860. The zero-order valence-corrected chi connectivity index (χ0v) is 21.1. The Morgan fingerprint density at radius 1 is 1.03 bits per heavy atom. The van der Waals surface area contributed by atoms with Crippen LogP contribution in [0.15, 0.2) is 70.0 Å². The van der Waals surface area contributed by atoms with E-state index in [9.17, 15) is 9.90 Å². The summed E-state index contributed by atoms with van der Waals surface area (Å²) in [6.07, 6.45) is 2.57. The number of phenolic OH excluding ortho intramolecular Hbond substituents is 1. The van der Waals surface area contributed by atoms with Crippen LogP contribution < -0.4 is 19.6 Å². The summed E-state index contributed by atoms with van der Waals surface area (Å²) in [5, 5.41) is 14.9. The Morgan fingerprint density at radius 3 is 2.61 bits per heavy atom. The molecule has 192 valence electrons. The third-order valence-corrected chi connectivity index (χ3v) is 6.65. The standard InChI is InChI=1S/C29H25N3O6/c1-32-29-20(15-30-32)25(28-27(31-29)26-21(34)13-18(33)14-24(26)38-28)17-6-9-22(23(12-17)36-3)37-11-10-16-4-7-19(35-2)8-5-16/h4-9,12-15,30,34H,10-11H2,1-3H3. The highest BCUT2D eigenvalue weighted by Crippen LogP contribution is 2.43. The van der Waals surface area contributed by atoms with Crippen LogP contribution in [-0.2, 0) is 13.5 Å². The van der Waals surface area contributed by atoms with Gasteiger partial charge in [0, 0.05) is 42.7 Å². The van der Waals surface area contributed by atoms with Gasteiger partial charge in [0.1, 0.15) is 22.6 Å². The molecule has 6 rings (SSSR count). The van der Waals surface area contributed by atoms with Crippen molar-refractivity contribution < 1.29 is 23.7 Å². The Morgan fingerprint density at radius 2 is 1.84 bits per heavy atom. The maximum Gasteiger partial charge on any atom is 0.186 e. The molecule has 38 heavy (non-hydrogen) atoms. The van der Waals surface area contributed by atoms with E-state index in [2.05, 4.69) is 5.10 Å². The molecule has 0 radical (unpaired) electrons. The lowest BCUT2D eigenvalue weighted by Gasteiger charge is -2.13. The molecule has 0 aliphatic rings. The number of aromatic hydroxyl groups is 1. The number of aromatic nitrogens is 3. The van der Waals surface area contributed by atoms with Crippen LogP contribution in [-0.4, -0.2) is 40.7 Å². The third-order valence-electron chi connectivity index (χ3n) is 6.65. The van der Waals surface area contributed by atoms with Gasteiger partial charge in [-0.05, 0) is 35.4 Å². The Labute approximate surface area is 216 Å². The maximum atomic E-state index is 12.0. The summed E-state index contributed by atoms with van der Waals surface area (Å²) in [5.41, 5.74) is 4.24. The first-order chi connectivity index (χ1) is 18.5. The normalized spacial score (nSPS) is 11.4. The van der Waals surface area contributed by atoms with Gasteiger partial charge in [0.05, 0.1) is 26.2 Å². The molecular formula is C29H25N3O6. The van der Waals surface area contributed by atoms with E-state index in [1.54, 1.807) is 18.9 Å². The predicted molar refractivity (Wildman–Crippen MR) is 144 cm³/mol. The number of aryl methyl sites for hydroxylation is 1. The van der Waals surface area contributed by atoms with Crippen molar-refractivity contribution in [3.8, 4) is 34.1 Å². The molecule has 0 aliphatic carbocycles. The van der Waals surface area contributed by atoms with Crippen LogP contribution in [0.25, 0.3) is 44.2 Å². The van der Waals surface area contributed by atoms with Crippen LogP contribution in [0.3, 0.4) is 0 Å². The molecule has 2 N–H and O–H groups in total. The number of hydrogen-bond donors (Lipinski definition) is 2. The van der Waals surface area contributed by atoms with Gasteiger partial charge in [-0.1, -0.05) is 18.2 Å². The lowest BCUT2D eigenvalue weighted by atomic mass is 10.0. The monoisotopic (exact) mass is 511 g/mol. The van der Waals surface area contributed by atoms with Crippen molar-refractivity contribution in [1.29, 1.82) is 0 Å². The number of furan rings is 1. The molecule has 0 saturated carbocycles. The molecular weight excluding hydrogens is 486 g/mol. The smallest absolute Gasteiger partial charge is 0.186 e. The minimum atomic E-state index is -0.341. The summed E-state index contributed by atoms with van der Waals surface area (Å²) < 4.78 is 24.9. The molecule has 0 unspecified atom stereocenters. The number of rotatable bonds is 7. The van der Waals surface area contributed by atoms with Crippen molar-refractivity contribution in [2.75, 3.05) is 20.8 Å². The molecule has 0 aliphatic heterocycles. The number of nitrogens with zero attached hydrogens (tertiary/aromatic N) is 2. The Hall–Kier alpha value is -4.92. The number of ether oxygens (including phenoxy) is 3. The van der Waals surface area contributed by atoms with E-state index in [4.69, 9.17) is 23.6 Å². The van der Waals surface area contributed by atoms with Gasteiger partial charge in [0.25, 0.3) is 0 Å². The van der Waals surface area contributed by atoms with Crippen LogP contribution in [0.2, 0.25) is 0 Å². The van der Waals surface area contributed by atoms with Gasteiger partial charge in [-0.15, -0.1) is 0 Å². The highest BCUT2D eigenvalue weighted by atomic mass is 16.5. The van der Waals surface area contributed by atoms with Gasteiger partial charge in [-0.25, -0.2) is 4.98 Å². The maximum absolute atomic E-state index is 12.0. The van der Waals surface area contributed by atoms with Gasteiger partial charge in [0.2, 0.25) is 0 Å². The first kappa shape index (κ1) is 23.5. The van der Waals surface area contributed by atoms with E-state index < -0.39 is 0 Å². The number of H-pyrrole nitrogens is 1. The number of nitrogens with one attached hydrogen (secondary N) is 1. The molecule has 3 aromatic heterocycles. The number of fused-ring (bicyclic) bond motifs is 4. The largest absolute Gasteiger partial charge is 0.507 e. The van der Waals surface area contributed by atoms with Gasteiger partial charge in [-0.3, -0.25) is 9.48 Å². The topological polar surface area (TPSA) is 112 Å². The molecule has 3 aromatic carbocycles. The van der Waals surface area contributed by atoms with E-state index in [0.717, 1.165) is 34.2 Å². The van der Waals surface area contributed by atoms with Crippen LogP contribution in [0.4, 0.5) is 0 Å². The fourth-order valence-corrected chi connectivity index (χ4v) is 4.76. The Balaban J connectivity index is 1.41. The minimum Gasteiger partial charge on any atom is -0.507 e. The summed E-state index contributed by atoms with van der Waals surface area (Å²) in [6, 6.07) is 16.1. The van der Waals surface area contributed by atoms with Crippen LogP contribution in [0.5, 0.6) is 23.0 Å². The second kappa shape index (κ2) is 9.19. The fraction of sp³-hybridized carbons (Fsp3) is 0.172. The molecule has 0 atom stereocenters. The number of aromatic amines is 1. The van der Waals surface area contributed by atoms with Gasteiger partial charge in [-0.2, -0.15) is 0 Å². The van der Waals surface area contributed by atoms with E-state index >= 15 is 0 Å². The van der Waals surface area contributed by atoms with Crippen LogP contribution in [0, 0.1) is 0 Å². The number of hydrogen-bond acceptors (Lipinski definition) is 7. The molecule has 9 heteroatoms. The molecule has 0 amide bonds. The summed E-state index contributed by atoms with van der Waals surface area (Å²) in [7, 11) is 5.09. The van der Waals surface area contributed by atoms with Gasteiger partial charge < -0.3 is 28.8 Å². The van der Waals surface area contributed by atoms with E-state index in [1.165, 1.54) is 12.1 Å². The zero-order chi connectivity index (χ0) is 26.4. The van der Waals surface area contributed by atoms with E-state index in [0.29, 0.717) is 40.2 Å². The van der Waals surface area contributed by atoms with Crippen molar-refractivity contribution in [1.82, 2.24) is 14.8 Å². The first-order valence-corrected chi connectivity index (χ1v) is 12.0. The van der Waals surface area contributed by atoms with Gasteiger partial charge >= 0.3 is 0 Å². The Kier molecular flexibility index (Phi) is 5.68. The summed E-state index contributed by atoms with van der Waals surface area (Å²) in [4.78, 5) is 16.8. The van der Waals surface area contributed by atoms with Crippen LogP contribution in [0.1, 0.15) is 5.56 Å². The quantitative estimate of drug-likeness (QED) is 0.304. The molecule has 0 saturated heterocycles. The van der Waals surface area contributed by atoms with Crippen molar-refractivity contribution in [2.24, 2.45) is 7.05 Å². The SMILES string of the molecule is COc1ccc(CCOc2ccc(-c3c4c[nH]n(C)c4nc4c3oc3cc(=O)cc(O)c34)cc2OC)cc1. The third kappa shape index (κ3) is 3.88. The predicted octanol–water partition coefficient (Wildman–Crippen LogP) is 5.17. The van der Waals surface area contributed by atoms with Crippen molar-refractivity contribution >= 4 is 33.1 Å². The molecule has 3 heterocycles. The molecule has 6 aromatic rings. The second-order valence-electron chi connectivity index (χ2n) is 8.96. The fourth-order valence-electron chi connectivity index (χ4n) is 4.76. The number of benzene rings is 3.